The molecule has 0 atom stereocenters. The van der Waals surface area contributed by atoms with Crippen molar-refractivity contribution in [1.29, 1.82) is 0 Å². The number of nitrogens with zero attached hydrogens (tertiary/aromatic N) is 1. The number of halogens is 7. The van der Waals surface area contributed by atoms with Gasteiger partial charge in [-0.1, -0.05) is 13.8 Å². The van der Waals surface area contributed by atoms with Crippen molar-refractivity contribution in [2.75, 3.05) is 5.73 Å². The number of rotatable bonds is 5. The minimum atomic E-state index is -6.24. The minimum Gasteiger partial charge on any atom is -0.473 e. The maximum atomic E-state index is 13.9. The molecule has 2 N–H and O–H groups in total. The maximum Gasteiger partial charge on any atom is 0.437 e. The number of aromatic nitrogens is 1. The molecule has 1 heterocycles. The van der Waals surface area contributed by atoms with Gasteiger partial charge in [0, 0.05) is 0 Å². The second-order valence-corrected chi connectivity index (χ2v) is 4.80. The van der Waals surface area contributed by atoms with E-state index in [0.29, 0.717) is 18.9 Å². The summed E-state index contributed by atoms with van der Waals surface area (Å²) in [7, 11) is 0. The zero-order valence-corrected chi connectivity index (χ0v) is 12.2. The van der Waals surface area contributed by atoms with Gasteiger partial charge in [0.1, 0.15) is 11.8 Å². The van der Waals surface area contributed by atoms with Gasteiger partial charge in [-0.05, 0) is 25.0 Å². The summed E-state index contributed by atoms with van der Waals surface area (Å²) in [5, 5.41) is 0. The van der Waals surface area contributed by atoms with Crippen LogP contribution in [0.4, 0.5) is 36.4 Å². The van der Waals surface area contributed by atoms with E-state index in [9.17, 15) is 30.7 Å². The number of nitrogen functional groups attached to an aromatic ring is 1. The van der Waals surface area contributed by atoms with E-state index >= 15 is 0 Å². The van der Waals surface area contributed by atoms with Crippen LogP contribution in [0.15, 0.2) is 12.1 Å². The number of anilines is 1. The summed E-state index contributed by atoms with van der Waals surface area (Å²) >= 11 is 0. The van der Waals surface area contributed by atoms with E-state index in [1.54, 1.807) is 13.8 Å². The number of alkyl halides is 7. The Hall–Kier alpha value is -1.74. The lowest BCUT2D eigenvalue weighted by atomic mass is 9.99. The topological polar surface area (TPSA) is 48.1 Å². The number of nitrogens with two attached hydrogens (primary N) is 1. The van der Waals surface area contributed by atoms with E-state index in [0.717, 1.165) is 0 Å². The van der Waals surface area contributed by atoms with Crippen LogP contribution >= 0.6 is 0 Å². The molecule has 1 aromatic heterocycles. The minimum absolute atomic E-state index is 0.246. The lowest BCUT2D eigenvalue weighted by Gasteiger charge is -2.29. The van der Waals surface area contributed by atoms with E-state index in [-0.39, 0.29) is 11.8 Å². The number of ether oxygens (including phenoxy) is 1. The predicted octanol–water partition coefficient (Wildman–Crippen LogP) is 4.52. The predicted molar refractivity (Wildman–Crippen MR) is 68.5 cm³/mol. The van der Waals surface area contributed by atoms with E-state index in [4.69, 9.17) is 10.5 Å². The molecule has 132 valence electrons. The van der Waals surface area contributed by atoms with Gasteiger partial charge >= 0.3 is 18.0 Å². The highest BCUT2D eigenvalue weighted by Gasteiger charge is 2.74. The van der Waals surface area contributed by atoms with E-state index in [1.807, 2.05) is 0 Å². The van der Waals surface area contributed by atoms with Gasteiger partial charge < -0.3 is 10.5 Å². The number of hydrogen-bond donors (Lipinski definition) is 1. The first-order chi connectivity index (χ1) is 10.4. The van der Waals surface area contributed by atoms with E-state index < -0.39 is 35.7 Å². The highest BCUT2D eigenvalue weighted by atomic mass is 19.4. The van der Waals surface area contributed by atoms with Crippen LogP contribution in [0.2, 0.25) is 0 Å². The summed E-state index contributed by atoms with van der Waals surface area (Å²) in [4.78, 5) is 3.05. The van der Waals surface area contributed by atoms with Gasteiger partial charge in [0.2, 0.25) is 5.88 Å². The average Bonchev–Trinajstić information content (AvgIpc) is 2.43. The fourth-order valence-electron chi connectivity index (χ4n) is 1.80. The molecule has 3 nitrogen and oxygen atoms in total. The summed E-state index contributed by atoms with van der Waals surface area (Å²) in [5.74, 6) is -0.660. The van der Waals surface area contributed by atoms with Crippen LogP contribution < -0.4 is 10.5 Å². The smallest absolute Gasteiger partial charge is 0.437 e. The largest absolute Gasteiger partial charge is 0.473 e. The van der Waals surface area contributed by atoms with Crippen molar-refractivity contribution in [1.82, 2.24) is 4.98 Å². The highest BCUT2D eigenvalue weighted by molar-refractivity contribution is 5.49. The molecular formula is C13H15F7N2O. The third-order valence-corrected chi connectivity index (χ3v) is 3.21. The van der Waals surface area contributed by atoms with Gasteiger partial charge in [-0.2, -0.15) is 26.3 Å². The Morgan fingerprint density at radius 2 is 1.48 bits per heavy atom. The molecule has 23 heavy (non-hydrogen) atoms. The molecule has 10 heteroatoms. The molecule has 1 rings (SSSR count). The molecule has 0 radical (unpaired) electrons. The Morgan fingerprint density at radius 3 is 1.87 bits per heavy atom. The van der Waals surface area contributed by atoms with Gasteiger partial charge in [-0.3, -0.25) is 0 Å². The third-order valence-electron chi connectivity index (χ3n) is 3.21. The molecule has 1 aromatic rings. The molecule has 0 unspecified atom stereocenters. The fraction of sp³-hybridized carbons (Fsp3) is 0.615. The molecule has 0 saturated carbocycles. The second kappa shape index (κ2) is 6.40. The van der Waals surface area contributed by atoms with Gasteiger partial charge in [0.15, 0.2) is 0 Å². The molecule has 0 aliphatic heterocycles. The summed E-state index contributed by atoms with van der Waals surface area (Å²) in [6, 6.07) is 0.946. The molecule has 0 fully saturated rings. The maximum absolute atomic E-state index is 13.9. The highest BCUT2D eigenvalue weighted by Crippen LogP contribution is 2.53. The standard InChI is InChI=1S/C13H15F7N2O/c1-3-7(4-2)23-10-8(21)5-6-9(22-10)11(14,12(15,16)17)13(18,19)20/h5-7H,3-4,21H2,1-2H3. The summed E-state index contributed by atoms with van der Waals surface area (Å²) in [5.41, 5.74) is -2.33. The zero-order valence-electron chi connectivity index (χ0n) is 12.2. The van der Waals surface area contributed by atoms with Crippen molar-refractivity contribution in [3.63, 3.8) is 0 Å². The number of pyridine rings is 1. The van der Waals surface area contributed by atoms with Gasteiger partial charge in [-0.25, -0.2) is 9.37 Å². The normalized spacial score (nSPS) is 13.5. The number of hydrogen-bond acceptors (Lipinski definition) is 3. The van der Waals surface area contributed by atoms with Crippen molar-refractivity contribution in [2.45, 2.75) is 50.8 Å². The lowest BCUT2D eigenvalue weighted by Crippen LogP contribution is -2.51. The Bertz CT molecular complexity index is 524. The third kappa shape index (κ3) is 3.61. The van der Waals surface area contributed by atoms with E-state index in [2.05, 4.69) is 4.98 Å². The molecule has 0 spiro atoms. The van der Waals surface area contributed by atoms with Gasteiger partial charge in [0.05, 0.1) is 5.69 Å². The molecule has 0 amide bonds. The molecule has 0 aromatic carbocycles. The van der Waals surface area contributed by atoms with Crippen molar-refractivity contribution >= 4 is 5.69 Å². The van der Waals surface area contributed by atoms with Crippen LogP contribution in [0.1, 0.15) is 32.4 Å². The summed E-state index contributed by atoms with van der Waals surface area (Å²) in [6.45, 7) is 3.39. The van der Waals surface area contributed by atoms with Crippen LogP contribution in [-0.4, -0.2) is 23.4 Å². The van der Waals surface area contributed by atoms with Crippen LogP contribution in [0.5, 0.6) is 5.88 Å². The molecule has 0 bridgehead atoms. The first kappa shape index (κ1) is 19.3. The van der Waals surface area contributed by atoms with Crippen molar-refractivity contribution in [3.8, 4) is 5.88 Å². The second-order valence-electron chi connectivity index (χ2n) is 4.80. The van der Waals surface area contributed by atoms with Crippen molar-refractivity contribution < 1.29 is 35.5 Å². The summed E-state index contributed by atoms with van der Waals surface area (Å²) in [6.07, 6.45) is -12.2. The first-order valence-corrected chi connectivity index (χ1v) is 6.64. The lowest BCUT2D eigenvalue weighted by molar-refractivity contribution is -0.350. The monoisotopic (exact) mass is 348 g/mol. The van der Waals surface area contributed by atoms with Crippen LogP contribution in [0.25, 0.3) is 0 Å². The average molecular weight is 348 g/mol. The first-order valence-electron chi connectivity index (χ1n) is 6.64. The van der Waals surface area contributed by atoms with Crippen LogP contribution in [-0.2, 0) is 5.67 Å². The zero-order chi connectivity index (χ0) is 18.1. The Labute approximate surface area is 127 Å². The van der Waals surface area contributed by atoms with Crippen molar-refractivity contribution in [3.05, 3.63) is 17.8 Å². The van der Waals surface area contributed by atoms with Gasteiger partial charge in [-0.15, -0.1) is 0 Å². The van der Waals surface area contributed by atoms with Crippen molar-refractivity contribution in [2.24, 2.45) is 0 Å². The molecule has 0 aliphatic carbocycles. The SMILES string of the molecule is CCC(CC)Oc1nc(C(F)(C(F)(F)F)C(F)(F)F)ccc1N. The Morgan fingerprint density at radius 1 is 1.00 bits per heavy atom. The molecular weight excluding hydrogens is 333 g/mol. The molecule has 0 aliphatic rings. The quantitative estimate of drug-likeness (QED) is 0.796. The Kier molecular flexibility index (Phi) is 5.37. The Balaban J connectivity index is 3.42. The van der Waals surface area contributed by atoms with Gasteiger partial charge in [0.25, 0.3) is 0 Å². The van der Waals surface area contributed by atoms with E-state index in [1.165, 1.54) is 0 Å². The van der Waals surface area contributed by atoms with Crippen LogP contribution in [0, 0.1) is 0 Å². The molecule has 0 saturated heterocycles. The fourth-order valence-corrected chi connectivity index (χ4v) is 1.80. The van der Waals surface area contributed by atoms with Crippen LogP contribution in [0.3, 0.4) is 0 Å². The summed E-state index contributed by atoms with van der Waals surface area (Å²) < 4.78 is 95.3.